The lowest BCUT2D eigenvalue weighted by Crippen LogP contribution is -2.15. The van der Waals surface area contributed by atoms with Crippen LogP contribution in [-0.4, -0.2) is 20.7 Å². The van der Waals surface area contributed by atoms with E-state index in [0.29, 0.717) is 17.2 Å². The number of amides is 1. The average molecular weight is 299 g/mol. The lowest BCUT2D eigenvalue weighted by Gasteiger charge is -2.08. The molecule has 1 amide bonds. The molecular weight excluding hydrogens is 286 g/mol. The van der Waals surface area contributed by atoms with E-state index >= 15 is 0 Å². The van der Waals surface area contributed by atoms with Gasteiger partial charge >= 0.3 is 0 Å². The van der Waals surface area contributed by atoms with Crippen molar-refractivity contribution in [1.82, 2.24) is 14.8 Å². The van der Waals surface area contributed by atoms with Crippen LogP contribution in [0.3, 0.4) is 0 Å². The molecule has 0 saturated heterocycles. The lowest BCUT2D eigenvalue weighted by molar-refractivity contribution is 0.102. The molecule has 106 valence electrons. The van der Waals surface area contributed by atoms with Crippen LogP contribution in [-0.2, 0) is 0 Å². The summed E-state index contributed by atoms with van der Waals surface area (Å²) in [6, 6.07) is 8.97. The summed E-state index contributed by atoms with van der Waals surface area (Å²) < 4.78 is 1.64. The fourth-order valence-electron chi connectivity index (χ4n) is 1.87. The first-order chi connectivity index (χ1) is 10.1. The molecule has 7 heteroatoms. The topological polar surface area (TPSA) is 85.8 Å². The van der Waals surface area contributed by atoms with E-state index in [1.165, 1.54) is 11.3 Å². The number of anilines is 2. The van der Waals surface area contributed by atoms with Gasteiger partial charge in [0.25, 0.3) is 5.91 Å². The van der Waals surface area contributed by atoms with Crippen molar-refractivity contribution in [3.63, 3.8) is 0 Å². The zero-order chi connectivity index (χ0) is 14.8. The highest BCUT2D eigenvalue weighted by atomic mass is 32.1. The zero-order valence-electron chi connectivity index (χ0n) is 11.3. The number of carbonyl (C=O) groups is 1. The molecule has 0 aliphatic heterocycles. The summed E-state index contributed by atoms with van der Waals surface area (Å²) in [6.07, 6.45) is 1.62. The molecule has 0 radical (unpaired) electrons. The second-order valence-electron chi connectivity index (χ2n) is 4.43. The molecule has 0 fully saturated rings. The summed E-state index contributed by atoms with van der Waals surface area (Å²) in [5.74, 6) is 0.326. The number of thiazole rings is 1. The van der Waals surface area contributed by atoms with Gasteiger partial charge in [-0.15, -0.1) is 11.3 Å². The van der Waals surface area contributed by atoms with Gasteiger partial charge < -0.3 is 11.1 Å². The fraction of sp³-hybridized carbons (Fsp3) is 0.0714. The monoisotopic (exact) mass is 299 g/mol. The maximum absolute atomic E-state index is 12.1. The van der Waals surface area contributed by atoms with Gasteiger partial charge in [-0.2, -0.15) is 5.10 Å². The van der Waals surface area contributed by atoms with Crippen LogP contribution in [0.15, 0.2) is 41.9 Å². The summed E-state index contributed by atoms with van der Waals surface area (Å²) in [4.78, 5) is 16.3. The van der Waals surface area contributed by atoms with Gasteiger partial charge in [-0.25, -0.2) is 9.67 Å². The molecule has 3 rings (SSSR count). The van der Waals surface area contributed by atoms with Gasteiger partial charge in [0.05, 0.1) is 16.9 Å². The van der Waals surface area contributed by atoms with E-state index in [-0.39, 0.29) is 5.91 Å². The van der Waals surface area contributed by atoms with Crippen molar-refractivity contribution in [3.8, 4) is 5.69 Å². The van der Waals surface area contributed by atoms with Crippen molar-refractivity contribution in [2.24, 2.45) is 0 Å². The minimum atomic E-state index is -0.253. The highest BCUT2D eigenvalue weighted by molar-refractivity contribution is 7.09. The molecule has 0 atom stereocenters. The standard InChI is InChI=1S/C14H13N5OS/c1-9-17-12(8-21-9)14(20)18-13-6-7-16-19(13)11-4-2-10(15)3-5-11/h2-8H,15H2,1H3,(H,18,20). The quantitative estimate of drug-likeness (QED) is 0.727. The van der Waals surface area contributed by atoms with Gasteiger partial charge in [0, 0.05) is 17.1 Å². The molecule has 1 aromatic carbocycles. The first kappa shape index (κ1) is 13.3. The third-order valence-corrected chi connectivity index (χ3v) is 3.65. The minimum absolute atomic E-state index is 0.253. The van der Waals surface area contributed by atoms with Crippen molar-refractivity contribution < 1.29 is 4.79 Å². The molecule has 3 aromatic rings. The van der Waals surface area contributed by atoms with E-state index in [4.69, 9.17) is 5.73 Å². The zero-order valence-corrected chi connectivity index (χ0v) is 12.1. The molecule has 0 aliphatic rings. The van der Waals surface area contributed by atoms with Gasteiger partial charge in [0.2, 0.25) is 0 Å². The Labute approximate surface area is 125 Å². The van der Waals surface area contributed by atoms with Crippen LogP contribution in [0.25, 0.3) is 5.69 Å². The number of rotatable bonds is 3. The number of hydrogen-bond donors (Lipinski definition) is 2. The van der Waals surface area contributed by atoms with E-state index in [1.807, 2.05) is 19.1 Å². The number of nitrogens with zero attached hydrogens (tertiary/aromatic N) is 3. The normalized spacial score (nSPS) is 10.5. The van der Waals surface area contributed by atoms with Crippen molar-refractivity contribution in [2.45, 2.75) is 6.92 Å². The molecule has 6 nitrogen and oxygen atoms in total. The van der Waals surface area contributed by atoms with Crippen LogP contribution in [0.4, 0.5) is 11.5 Å². The van der Waals surface area contributed by atoms with E-state index in [9.17, 15) is 4.79 Å². The summed E-state index contributed by atoms with van der Waals surface area (Å²) in [5.41, 5.74) is 7.57. The number of nitrogens with one attached hydrogen (secondary N) is 1. The molecule has 0 spiro atoms. The van der Waals surface area contributed by atoms with Gasteiger partial charge in [0.15, 0.2) is 0 Å². The largest absolute Gasteiger partial charge is 0.399 e. The maximum Gasteiger partial charge on any atom is 0.276 e. The predicted molar refractivity (Wildman–Crippen MR) is 82.8 cm³/mol. The lowest BCUT2D eigenvalue weighted by atomic mass is 10.3. The first-order valence-electron chi connectivity index (χ1n) is 6.27. The van der Waals surface area contributed by atoms with E-state index < -0.39 is 0 Å². The molecule has 0 aliphatic carbocycles. The SMILES string of the molecule is Cc1nc(C(=O)Nc2ccnn2-c2ccc(N)cc2)cs1. The third kappa shape index (κ3) is 2.77. The third-order valence-electron chi connectivity index (χ3n) is 2.87. The van der Waals surface area contributed by atoms with Crippen molar-refractivity contribution >= 4 is 28.7 Å². The molecule has 0 bridgehead atoms. The molecule has 2 aromatic heterocycles. The Morgan fingerprint density at radius 1 is 1.29 bits per heavy atom. The number of aromatic nitrogens is 3. The Morgan fingerprint density at radius 3 is 2.71 bits per heavy atom. The van der Waals surface area contributed by atoms with Crippen LogP contribution in [0.1, 0.15) is 15.5 Å². The summed E-state index contributed by atoms with van der Waals surface area (Å²) in [6.45, 7) is 1.86. The molecule has 2 heterocycles. The number of nitrogen functional groups attached to an aromatic ring is 1. The Balaban J connectivity index is 1.86. The highest BCUT2D eigenvalue weighted by Gasteiger charge is 2.13. The average Bonchev–Trinajstić information content (AvgIpc) is 3.09. The van der Waals surface area contributed by atoms with Crippen molar-refractivity contribution in [2.75, 3.05) is 11.1 Å². The summed E-state index contributed by atoms with van der Waals surface area (Å²) in [5, 5.41) is 9.60. The van der Waals surface area contributed by atoms with Crippen LogP contribution in [0, 0.1) is 6.92 Å². The Kier molecular flexibility index (Phi) is 3.41. The first-order valence-corrected chi connectivity index (χ1v) is 7.15. The molecule has 0 unspecified atom stereocenters. The number of benzene rings is 1. The maximum atomic E-state index is 12.1. The highest BCUT2D eigenvalue weighted by Crippen LogP contribution is 2.17. The van der Waals surface area contributed by atoms with E-state index in [1.54, 1.807) is 34.5 Å². The van der Waals surface area contributed by atoms with Crippen LogP contribution < -0.4 is 11.1 Å². The van der Waals surface area contributed by atoms with Gasteiger partial charge in [-0.05, 0) is 31.2 Å². The molecule has 21 heavy (non-hydrogen) atoms. The Bertz CT molecular complexity index is 775. The number of carbonyl (C=O) groups excluding carboxylic acids is 1. The number of aryl methyl sites for hydroxylation is 1. The molecule has 0 saturated carbocycles. The second kappa shape index (κ2) is 5.37. The smallest absolute Gasteiger partial charge is 0.276 e. The second-order valence-corrected chi connectivity index (χ2v) is 5.49. The van der Waals surface area contributed by atoms with Gasteiger partial charge in [-0.3, -0.25) is 4.79 Å². The fourth-order valence-corrected chi connectivity index (χ4v) is 2.46. The van der Waals surface area contributed by atoms with Crippen LogP contribution >= 0.6 is 11.3 Å². The molecule has 3 N–H and O–H groups in total. The van der Waals surface area contributed by atoms with Crippen molar-refractivity contribution in [1.29, 1.82) is 0 Å². The number of hydrogen-bond acceptors (Lipinski definition) is 5. The minimum Gasteiger partial charge on any atom is -0.399 e. The van der Waals surface area contributed by atoms with Gasteiger partial charge in [0.1, 0.15) is 11.5 Å². The van der Waals surface area contributed by atoms with E-state index in [0.717, 1.165) is 10.7 Å². The van der Waals surface area contributed by atoms with Crippen LogP contribution in [0.2, 0.25) is 0 Å². The summed E-state index contributed by atoms with van der Waals surface area (Å²) in [7, 11) is 0. The van der Waals surface area contributed by atoms with Crippen molar-refractivity contribution in [3.05, 3.63) is 52.6 Å². The Morgan fingerprint density at radius 2 is 2.05 bits per heavy atom. The predicted octanol–water partition coefficient (Wildman–Crippen LogP) is 2.47. The van der Waals surface area contributed by atoms with E-state index in [2.05, 4.69) is 15.4 Å². The Hall–Kier alpha value is -2.67. The van der Waals surface area contributed by atoms with Crippen LogP contribution in [0.5, 0.6) is 0 Å². The molecular formula is C14H13N5OS. The number of nitrogens with two attached hydrogens (primary N) is 1. The van der Waals surface area contributed by atoms with Gasteiger partial charge in [-0.1, -0.05) is 0 Å². The summed E-state index contributed by atoms with van der Waals surface area (Å²) >= 11 is 1.44.